The second-order valence-electron chi connectivity index (χ2n) is 5.38. The van der Waals surface area contributed by atoms with E-state index in [0.29, 0.717) is 36.0 Å². The van der Waals surface area contributed by atoms with E-state index in [2.05, 4.69) is 0 Å². The molecule has 0 bridgehead atoms. The predicted octanol–water partition coefficient (Wildman–Crippen LogP) is 4.49. The molecule has 124 valence electrons. The first kappa shape index (κ1) is 18.2. The lowest BCUT2D eigenvalue weighted by Gasteiger charge is -2.25. The molecule has 0 aliphatic rings. The minimum Gasteiger partial charge on any atom is -0.366 e. The summed E-state index contributed by atoms with van der Waals surface area (Å²) in [5.41, 5.74) is 13.6. The number of halogens is 2. The van der Waals surface area contributed by atoms with Crippen LogP contribution in [-0.4, -0.2) is 13.1 Å². The molecule has 2 aromatic carbocycles. The summed E-state index contributed by atoms with van der Waals surface area (Å²) in [4.78, 5) is 0. The first-order chi connectivity index (χ1) is 11.1. The minimum absolute atomic E-state index is 0.130. The third-order valence-electron chi connectivity index (χ3n) is 3.63. The standard InChI is InChI=1S/C18H22Cl2N2O/c19-15-5-1-3-13(11-15)17(7-9-21)23-18(8-10-22)14-4-2-6-16(20)12-14/h1-6,11-12,17-18H,7-10,21-22H2. The highest BCUT2D eigenvalue weighted by Crippen LogP contribution is 2.32. The Balaban J connectivity index is 2.24. The number of nitrogens with two attached hydrogens (primary N) is 2. The van der Waals surface area contributed by atoms with E-state index < -0.39 is 0 Å². The number of ether oxygens (including phenoxy) is 1. The molecule has 0 radical (unpaired) electrons. The fourth-order valence-corrected chi connectivity index (χ4v) is 2.94. The van der Waals surface area contributed by atoms with Gasteiger partial charge in [0.05, 0.1) is 12.2 Å². The molecule has 0 fully saturated rings. The first-order valence-corrected chi connectivity index (χ1v) is 8.46. The topological polar surface area (TPSA) is 61.3 Å². The largest absolute Gasteiger partial charge is 0.366 e. The van der Waals surface area contributed by atoms with Crippen LogP contribution in [0, 0.1) is 0 Å². The maximum absolute atomic E-state index is 6.34. The number of hydrogen-bond acceptors (Lipinski definition) is 3. The maximum Gasteiger partial charge on any atom is 0.0845 e. The zero-order valence-corrected chi connectivity index (χ0v) is 14.4. The minimum atomic E-state index is -0.130. The molecule has 3 nitrogen and oxygen atoms in total. The van der Waals surface area contributed by atoms with Crippen LogP contribution in [0.4, 0.5) is 0 Å². The molecule has 0 saturated heterocycles. The van der Waals surface area contributed by atoms with Crippen molar-refractivity contribution in [2.24, 2.45) is 11.5 Å². The average Bonchev–Trinajstić information content (AvgIpc) is 2.54. The third-order valence-corrected chi connectivity index (χ3v) is 4.10. The van der Waals surface area contributed by atoms with E-state index in [1.165, 1.54) is 0 Å². The Labute approximate surface area is 147 Å². The number of rotatable bonds is 8. The fourth-order valence-electron chi connectivity index (χ4n) is 2.54. The van der Waals surface area contributed by atoms with Crippen LogP contribution in [0.5, 0.6) is 0 Å². The van der Waals surface area contributed by atoms with Gasteiger partial charge in [0.15, 0.2) is 0 Å². The van der Waals surface area contributed by atoms with Gasteiger partial charge in [-0.05, 0) is 61.3 Å². The molecule has 0 aliphatic carbocycles. The predicted molar refractivity (Wildman–Crippen MR) is 96.8 cm³/mol. The molecule has 0 saturated carbocycles. The summed E-state index contributed by atoms with van der Waals surface area (Å²) in [6.45, 7) is 1.06. The van der Waals surface area contributed by atoms with Crippen LogP contribution in [0.25, 0.3) is 0 Å². The molecular formula is C18H22Cl2N2O. The number of benzene rings is 2. The van der Waals surface area contributed by atoms with Crippen molar-refractivity contribution >= 4 is 23.2 Å². The van der Waals surface area contributed by atoms with Gasteiger partial charge in [0.25, 0.3) is 0 Å². The summed E-state index contributed by atoms with van der Waals surface area (Å²) in [5.74, 6) is 0. The van der Waals surface area contributed by atoms with Crippen molar-refractivity contribution in [2.75, 3.05) is 13.1 Å². The summed E-state index contributed by atoms with van der Waals surface area (Å²) in [7, 11) is 0. The molecule has 0 spiro atoms. The highest BCUT2D eigenvalue weighted by atomic mass is 35.5. The van der Waals surface area contributed by atoms with Gasteiger partial charge in [0.1, 0.15) is 0 Å². The van der Waals surface area contributed by atoms with Crippen LogP contribution in [0.3, 0.4) is 0 Å². The Morgan fingerprint density at radius 3 is 1.57 bits per heavy atom. The van der Waals surface area contributed by atoms with Crippen molar-refractivity contribution in [1.29, 1.82) is 0 Å². The summed E-state index contributed by atoms with van der Waals surface area (Å²) in [5, 5.41) is 1.37. The molecule has 4 N–H and O–H groups in total. The molecule has 0 heterocycles. The van der Waals surface area contributed by atoms with Gasteiger partial charge in [-0.2, -0.15) is 0 Å². The molecule has 0 amide bonds. The van der Waals surface area contributed by atoms with Gasteiger partial charge < -0.3 is 16.2 Å². The van der Waals surface area contributed by atoms with Gasteiger partial charge in [0, 0.05) is 10.0 Å². The molecule has 2 aromatic rings. The summed E-state index contributed by atoms with van der Waals surface area (Å²) in [6, 6.07) is 15.4. The second-order valence-corrected chi connectivity index (χ2v) is 6.25. The highest BCUT2D eigenvalue weighted by molar-refractivity contribution is 6.30. The van der Waals surface area contributed by atoms with Gasteiger partial charge in [0.2, 0.25) is 0 Å². The van der Waals surface area contributed by atoms with E-state index >= 15 is 0 Å². The Bertz CT molecular complexity index is 568. The summed E-state index contributed by atoms with van der Waals surface area (Å²) < 4.78 is 6.34. The highest BCUT2D eigenvalue weighted by Gasteiger charge is 2.19. The van der Waals surface area contributed by atoms with E-state index in [1.807, 2.05) is 48.5 Å². The lowest BCUT2D eigenvalue weighted by atomic mass is 10.0. The summed E-state index contributed by atoms with van der Waals surface area (Å²) in [6.07, 6.45) is 1.16. The van der Waals surface area contributed by atoms with Crippen molar-refractivity contribution in [2.45, 2.75) is 25.0 Å². The molecule has 2 atom stereocenters. The fraction of sp³-hybridized carbons (Fsp3) is 0.333. The number of hydrogen-bond donors (Lipinski definition) is 2. The molecule has 2 unspecified atom stereocenters. The van der Waals surface area contributed by atoms with Crippen molar-refractivity contribution in [3.05, 3.63) is 69.7 Å². The maximum atomic E-state index is 6.34. The lowest BCUT2D eigenvalue weighted by molar-refractivity contribution is -0.0215. The van der Waals surface area contributed by atoms with Crippen LogP contribution >= 0.6 is 23.2 Å². The second kappa shape index (κ2) is 9.26. The molecule has 2 rings (SSSR count). The first-order valence-electron chi connectivity index (χ1n) is 7.70. The van der Waals surface area contributed by atoms with Gasteiger partial charge in [-0.15, -0.1) is 0 Å². The van der Waals surface area contributed by atoms with Crippen LogP contribution in [0.15, 0.2) is 48.5 Å². The lowest BCUT2D eigenvalue weighted by Crippen LogP contribution is -2.17. The van der Waals surface area contributed by atoms with Gasteiger partial charge >= 0.3 is 0 Å². The molecule has 0 aliphatic heterocycles. The Morgan fingerprint density at radius 1 is 0.783 bits per heavy atom. The van der Waals surface area contributed by atoms with E-state index in [4.69, 9.17) is 39.4 Å². The molecule has 5 heteroatoms. The Morgan fingerprint density at radius 2 is 1.22 bits per heavy atom. The average molecular weight is 353 g/mol. The third kappa shape index (κ3) is 5.48. The van der Waals surface area contributed by atoms with E-state index in [-0.39, 0.29) is 12.2 Å². The van der Waals surface area contributed by atoms with Crippen LogP contribution in [0.2, 0.25) is 10.0 Å². The Kier molecular flexibility index (Phi) is 7.34. The zero-order valence-electron chi connectivity index (χ0n) is 12.9. The smallest absolute Gasteiger partial charge is 0.0845 e. The normalized spacial score (nSPS) is 13.7. The van der Waals surface area contributed by atoms with Crippen molar-refractivity contribution in [1.82, 2.24) is 0 Å². The van der Waals surface area contributed by atoms with Crippen molar-refractivity contribution in [3.63, 3.8) is 0 Å². The van der Waals surface area contributed by atoms with Crippen LogP contribution < -0.4 is 11.5 Å². The van der Waals surface area contributed by atoms with E-state index in [9.17, 15) is 0 Å². The monoisotopic (exact) mass is 352 g/mol. The van der Waals surface area contributed by atoms with Crippen molar-refractivity contribution < 1.29 is 4.74 Å². The Hall–Kier alpha value is -1.10. The van der Waals surface area contributed by atoms with Crippen LogP contribution in [0.1, 0.15) is 36.2 Å². The quantitative estimate of drug-likeness (QED) is 0.735. The van der Waals surface area contributed by atoms with Crippen LogP contribution in [-0.2, 0) is 4.74 Å². The molecular weight excluding hydrogens is 331 g/mol. The van der Waals surface area contributed by atoms with Crippen molar-refractivity contribution in [3.8, 4) is 0 Å². The zero-order chi connectivity index (χ0) is 16.7. The molecule has 0 aromatic heterocycles. The molecule has 23 heavy (non-hydrogen) atoms. The van der Waals surface area contributed by atoms with E-state index in [0.717, 1.165) is 11.1 Å². The van der Waals surface area contributed by atoms with Gasteiger partial charge in [-0.1, -0.05) is 47.5 Å². The van der Waals surface area contributed by atoms with E-state index in [1.54, 1.807) is 0 Å². The van der Waals surface area contributed by atoms with Gasteiger partial charge in [-0.25, -0.2) is 0 Å². The SMILES string of the molecule is NCCC(OC(CCN)c1cccc(Cl)c1)c1cccc(Cl)c1. The van der Waals surface area contributed by atoms with Gasteiger partial charge in [-0.3, -0.25) is 0 Å². The summed E-state index contributed by atoms with van der Waals surface area (Å²) >= 11 is 12.2.